The third-order valence-corrected chi connectivity index (χ3v) is 3.77. The summed E-state index contributed by atoms with van der Waals surface area (Å²) < 4.78 is 0. The molecular weight excluding hydrogens is 244 g/mol. The highest BCUT2D eigenvalue weighted by Gasteiger charge is 2.22. The SMILES string of the molecule is CC(C)C(CNC(=O)CCC1CCCCN1)C(=O)O. The second-order valence-electron chi connectivity index (χ2n) is 5.68. The smallest absolute Gasteiger partial charge is 0.308 e. The van der Waals surface area contributed by atoms with E-state index in [1.54, 1.807) is 0 Å². The van der Waals surface area contributed by atoms with Crippen molar-refractivity contribution in [2.45, 2.75) is 52.0 Å². The van der Waals surface area contributed by atoms with E-state index in [2.05, 4.69) is 10.6 Å². The van der Waals surface area contributed by atoms with Crippen LogP contribution in [-0.2, 0) is 9.59 Å². The monoisotopic (exact) mass is 270 g/mol. The van der Waals surface area contributed by atoms with Gasteiger partial charge in [0.25, 0.3) is 0 Å². The lowest BCUT2D eigenvalue weighted by molar-refractivity contribution is -0.143. The first-order chi connectivity index (χ1) is 9.00. The van der Waals surface area contributed by atoms with Gasteiger partial charge in [-0.15, -0.1) is 0 Å². The van der Waals surface area contributed by atoms with Gasteiger partial charge in [0.15, 0.2) is 0 Å². The molecule has 1 amide bonds. The Balaban J connectivity index is 2.21. The molecule has 0 bridgehead atoms. The lowest BCUT2D eigenvalue weighted by atomic mass is 9.96. The van der Waals surface area contributed by atoms with Gasteiger partial charge in [-0.2, -0.15) is 0 Å². The molecule has 1 saturated heterocycles. The number of carboxylic acid groups (broad SMARTS) is 1. The van der Waals surface area contributed by atoms with Gasteiger partial charge in [-0.1, -0.05) is 20.3 Å². The number of piperidine rings is 1. The summed E-state index contributed by atoms with van der Waals surface area (Å²) in [6, 6.07) is 0.444. The molecule has 2 atom stereocenters. The number of amides is 1. The number of aliphatic carboxylic acids is 1. The van der Waals surface area contributed by atoms with Gasteiger partial charge in [-0.05, 0) is 31.7 Å². The highest BCUT2D eigenvalue weighted by atomic mass is 16.4. The summed E-state index contributed by atoms with van der Waals surface area (Å²) >= 11 is 0. The van der Waals surface area contributed by atoms with Crippen molar-refractivity contribution in [2.24, 2.45) is 11.8 Å². The fourth-order valence-corrected chi connectivity index (χ4v) is 2.40. The quantitative estimate of drug-likeness (QED) is 0.653. The van der Waals surface area contributed by atoms with Gasteiger partial charge in [0.1, 0.15) is 0 Å². The first-order valence-electron chi connectivity index (χ1n) is 7.23. The van der Waals surface area contributed by atoms with Crippen LogP contribution in [0.5, 0.6) is 0 Å². The molecule has 1 rings (SSSR count). The number of carbonyl (C=O) groups excluding carboxylic acids is 1. The maximum atomic E-state index is 11.7. The number of carbonyl (C=O) groups is 2. The van der Waals surface area contributed by atoms with Crippen molar-refractivity contribution in [3.63, 3.8) is 0 Å². The minimum absolute atomic E-state index is 0.0258. The van der Waals surface area contributed by atoms with E-state index < -0.39 is 11.9 Å². The molecule has 1 aliphatic heterocycles. The van der Waals surface area contributed by atoms with Crippen LogP contribution in [0.15, 0.2) is 0 Å². The third kappa shape index (κ3) is 6.05. The molecule has 0 aromatic carbocycles. The standard InChI is InChI=1S/C14H26N2O3/c1-10(2)12(14(18)19)9-16-13(17)7-6-11-5-3-4-8-15-11/h10-12,15H,3-9H2,1-2H3,(H,16,17)(H,18,19). The number of nitrogens with one attached hydrogen (secondary N) is 2. The van der Waals surface area contributed by atoms with E-state index in [1.165, 1.54) is 12.8 Å². The summed E-state index contributed by atoms with van der Waals surface area (Å²) in [4.78, 5) is 22.7. The Morgan fingerprint density at radius 2 is 2.11 bits per heavy atom. The molecule has 0 aliphatic carbocycles. The first kappa shape index (κ1) is 16.0. The zero-order valence-electron chi connectivity index (χ0n) is 11.9. The van der Waals surface area contributed by atoms with Crippen LogP contribution in [0.3, 0.4) is 0 Å². The van der Waals surface area contributed by atoms with E-state index in [4.69, 9.17) is 5.11 Å². The van der Waals surface area contributed by atoms with Gasteiger partial charge in [-0.3, -0.25) is 9.59 Å². The maximum absolute atomic E-state index is 11.7. The van der Waals surface area contributed by atoms with Gasteiger partial charge in [0.2, 0.25) is 5.91 Å². The summed E-state index contributed by atoms with van der Waals surface area (Å²) in [5, 5.41) is 15.2. The molecule has 3 N–H and O–H groups in total. The summed E-state index contributed by atoms with van der Waals surface area (Å²) in [5.74, 6) is -1.36. The van der Waals surface area contributed by atoms with Crippen LogP contribution in [0.2, 0.25) is 0 Å². The van der Waals surface area contributed by atoms with Crippen LogP contribution in [-0.4, -0.2) is 36.1 Å². The molecule has 5 nitrogen and oxygen atoms in total. The number of hydrogen-bond acceptors (Lipinski definition) is 3. The molecule has 2 unspecified atom stereocenters. The molecule has 0 radical (unpaired) electrons. The molecule has 0 aromatic rings. The van der Waals surface area contributed by atoms with Crippen molar-refractivity contribution in [1.29, 1.82) is 0 Å². The third-order valence-electron chi connectivity index (χ3n) is 3.77. The van der Waals surface area contributed by atoms with E-state index in [-0.39, 0.29) is 18.4 Å². The van der Waals surface area contributed by atoms with E-state index in [0.717, 1.165) is 19.4 Å². The Morgan fingerprint density at radius 3 is 2.63 bits per heavy atom. The van der Waals surface area contributed by atoms with Crippen molar-refractivity contribution < 1.29 is 14.7 Å². The van der Waals surface area contributed by atoms with Gasteiger partial charge in [-0.25, -0.2) is 0 Å². The minimum atomic E-state index is -0.843. The number of carboxylic acids is 1. The summed E-state index contributed by atoms with van der Waals surface area (Å²) in [5.41, 5.74) is 0. The van der Waals surface area contributed by atoms with Crippen LogP contribution in [0.4, 0.5) is 0 Å². The molecule has 1 fully saturated rings. The van der Waals surface area contributed by atoms with E-state index >= 15 is 0 Å². The van der Waals surface area contributed by atoms with Crippen molar-refractivity contribution in [2.75, 3.05) is 13.1 Å². The average molecular weight is 270 g/mol. The zero-order chi connectivity index (χ0) is 14.3. The molecule has 0 aromatic heterocycles. The van der Waals surface area contributed by atoms with Crippen molar-refractivity contribution in [3.05, 3.63) is 0 Å². The second kappa shape index (κ2) is 8.15. The second-order valence-corrected chi connectivity index (χ2v) is 5.68. The molecule has 5 heteroatoms. The average Bonchev–Trinajstić information content (AvgIpc) is 2.37. The Hall–Kier alpha value is -1.10. The predicted molar refractivity (Wildman–Crippen MR) is 73.8 cm³/mol. The van der Waals surface area contributed by atoms with Crippen LogP contribution >= 0.6 is 0 Å². The Bertz CT molecular complexity index is 299. The van der Waals surface area contributed by atoms with E-state index in [0.29, 0.717) is 12.5 Å². The van der Waals surface area contributed by atoms with Crippen LogP contribution in [0.25, 0.3) is 0 Å². The maximum Gasteiger partial charge on any atom is 0.308 e. The van der Waals surface area contributed by atoms with E-state index in [1.807, 2.05) is 13.8 Å². The summed E-state index contributed by atoms with van der Waals surface area (Å²) in [6.45, 7) is 4.98. The lowest BCUT2D eigenvalue weighted by Crippen LogP contribution is -2.38. The minimum Gasteiger partial charge on any atom is -0.481 e. The topological polar surface area (TPSA) is 78.4 Å². The molecule has 110 valence electrons. The number of rotatable bonds is 7. The normalized spacial score (nSPS) is 21.1. The Morgan fingerprint density at radius 1 is 1.37 bits per heavy atom. The van der Waals surface area contributed by atoms with Gasteiger partial charge < -0.3 is 15.7 Å². The van der Waals surface area contributed by atoms with Crippen molar-refractivity contribution >= 4 is 11.9 Å². The van der Waals surface area contributed by atoms with Gasteiger partial charge >= 0.3 is 5.97 Å². The van der Waals surface area contributed by atoms with Crippen LogP contribution in [0, 0.1) is 11.8 Å². The van der Waals surface area contributed by atoms with Crippen LogP contribution in [0.1, 0.15) is 46.0 Å². The fourth-order valence-electron chi connectivity index (χ4n) is 2.40. The molecule has 19 heavy (non-hydrogen) atoms. The fraction of sp³-hybridized carbons (Fsp3) is 0.857. The predicted octanol–water partition coefficient (Wildman–Crippen LogP) is 1.38. The Kier molecular flexibility index (Phi) is 6.84. The molecule has 1 aliphatic rings. The van der Waals surface area contributed by atoms with Gasteiger partial charge in [0.05, 0.1) is 5.92 Å². The Labute approximate surface area is 115 Å². The lowest BCUT2D eigenvalue weighted by Gasteiger charge is -2.23. The van der Waals surface area contributed by atoms with Gasteiger partial charge in [0, 0.05) is 19.0 Å². The molecule has 1 heterocycles. The summed E-state index contributed by atoms with van der Waals surface area (Å²) in [6.07, 6.45) is 4.90. The molecule has 0 spiro atoms. The largest absolute Gasteiger partial charge is 0.481 e. The molecule has 0 saturated carbocycles. The number of hydrogen-bond donors (Lipinski definition) is 3. The van der Waals surface area contributed by atoms with Crippen molar-refractivity contribution in [3.8, 4) is 0 Å². The zero-order valence-corrected chi connectivity index (χ0v) is 11.9. The van der Waals surface area contributed by atoms with Crippen molar-refractivity contribution in [1.82, 2.24) is 10.6 Å². The summed E-state index contributed by atoms with van der Waals surface area (Å²) in [7, 11) is 0. The van der Waals surface area contributed by atoms with Crippen LogP contribution < -0.4 is 10.6 Å². The first-order valence-corrected chi connectivity index (χ1v) is 7.23. The highest BCUT2D eigenvalue weighted by molar-refractivity contribution is 5.77. The highest BCUT2D eigenvalue weighted by Crippen LogP contribution is 2.12. The van der Waals surface area contributed by atoms with E-state index in [9.17, 15) is 9.59 Å². The molecular formula is C14H26N2O3.